The first-order valence-electron chi connectivity index (χ1n) is 12.7. The summed E-state index contributed by atoms with van der Waals surface area (Å²) in [5, 5.41) is 16.8. The van der Waals surface area contributed by atoms with Crippen LogP contribution in [0.1, 0.15) is 43.9 Å². The lowest BCUT2D eigenvalue weighted by Crippen LogP contribution is -2.42. The van der Waals surface area contributed by atoms with E-state index in [1.54, 1.807) is 6.07 Å². The Bertz CT molecular complexity index is 1200. The molecule has 1 heterocycles. The van der Waals surface area contributed by atoms with Gasteiger partial charge in [-0.2, -0.15) is 0 Å². The van der Waals surface area contributed by atoms with Crippen LogP contribution < -0.4 is 15.5 Å². The predicted molar refractivity (Wildman–Crippen MR) is 149 cm³/mol. The number of aromatic nitrogens is 1. The van der Waals surface area contributed by atoms with Crippen molar-refractivity contribution in [1.29, 1.82) is 0 Å². The quantitative estimate of drug-likeness (QED) is 0.261. The minimum absolute atomic E-state index is 0.0251. The Morgan fingerprint density at radius 2 is 1.69 bits per heavy atom. The predicted octanol–water partition coefficient (Wildman–Crippen LogP) is 3.83. The van der Waals surface area contributed by atoms with Gasteiger partial charge in [0.2, 0.25) is 5.91 Å². The van der Waals surface area contributed by atoms with E-state index in [0.717, 1.165) is 47.5 Å². The van der Waals surface area contributed by atoms with Crippen LogP contribution in [0, 0.1) is 12.3 Å². The number of rotatable bonds is 13. The Hall–Kier alpha value is -2.68. The van der Waals surface area contributed by atoms with Crippen LogP contribution >= 0.6 is 11.3 Å². The summed E-state index contributed by atoms with van der Waals surface area (Å²) in [6.45, 7) is 12.9. The molecule has 8 heteroatoms. The number of nitrogens with one attached hydrogen (secondary N) is 3. The highest BCUT2D eigenvalue weighted by molar-refractivity contribution is 7.16. The second kappa shape index (κ2) is 13.0. The standard InChI is InChI=1S/C28H40N4O3S/c1-20-7-5-6-8-21(20)11-14-29-16-13-24(34)32(19-28(2,3)4)18-17-30-15-12-22-9-10-23(33)25-26(22)36-27(35)31-25/h5-10,29-30,33H,11-19H2,1-4H3,(H,31,35). The molecule has 1 aromatic heterocycles. The van der Waals surface area contributed by atoms with Gasteiger partial charge in [-0.25, -0.2) is 0 Å². The van der Waals surface area contributed by atoms with Crippen molar-refractivity contribution in [3.63, 3.8) is 0 Å². The number of thiazole rings is 1. The zero-order chi connectivity index (χ0) is 26.1. The Morgan fingerprint density at radius 1 is 1.00 bits per heavy atom. The fourth-order valence-corrected chi connectivity index (χ4v) is 5.19. The number of fused-ring (bicyclic) bond motifs is 1. The maximum absolute atomic E-state index is 13.0. The summed E-state index contributed by atoms with van der Waals surface area (Å²) in [5.41, 5.74) is 4.21. The van der Waals surface area contributed by atoms with Crippen LogP contribution in [0.2, 0.25) is 0 Å². The van der Waals surface area contributed by atoms with Crippen LogP contribution in [0.4, 0.5) is 0 Å². The Balaban J connectivity index is 1.42. The Morgan fingerprint density at radius 3 is 2.42 bits per heavy atom. The average molecular weight is 513 g/mol. The van der Waals surface area contributed by atoms with E-state index in [9.17, 15) is 14.7 Å². The molecule has 4 N–H and O–H groups in total. The molecule has 3 aromatic rings. The van der Waals surface area contributed by atoms with Gasteiger partial charge in [-0.15, -0.1) is 0 Å². The number of aryl methyl sites for hydroxylation is 1. The van der Waals surface area contributed by atoms with Crippen molar-refractivity contribution >= 4 is 27.5 Å². The molecule has 3 rings (SSSR count). The third kappa shape index (κ3) is 8.47. The number of phenols is 1. The van der Waals surface area contributed by atoms with Crippen LogP contribution in [-0.2, 0) is 17.6 Å². The van der Waals surface area contributed by atoms with E-state index in [1.807, 2.05) is 11.0 Å². The molecule has 0 bridgehead atoms. The molecule has 1 amide bonds. The van der Waals surface area contributed by atoms with Gasteiger partial charge in [-0.3, -0.25) is 9.59 Å². The number of carbonyl (C=O) groups excluding carboxylic acids is 1. The molecule has 2 aromatic carbocycles. The monoisotopic (exact) mass is 512 g/mol. The van der Waals surface area contributed by atoms with Crippen LogP contribution in [0.3, 0.4) is 0 Å². The van der Waals surface area contributed by atoms with Crippen molar-refractivity contribution in [2.24, 2.45) is 5.41 Å². The molecule has 0 aliphatic carbocycles. The van der Waals surface area contributed by atoms with E-state index in [1.165, 1.54) is 11.1 Å². The van der Waals surface area contributed by atoms with Crippen LogP contribution in [0.25, 0.3) is 10.2 Å². The summed E-state index contributed by atoms with van der Waals surface area (Å²) in [5.74, 6) is 0.272. The molecule has 196 valence electrons. The lowest BCUT2D eigenvalue weighted by Gasteiger charge is -2.30. The number of benzene rings is 2. The number of aromatic amines is 1. The van der Waals surface area contributed by atoms with Gasteiger partial charge in [0.25, 0.3) is 0 Å². The third-order valence-electron chi connectivity index (χ3n) is 6.13. The summed E-state index contributed by atoms with van der Waals surface area (Å²) >= 11 is 1.12. The van der Waals surface area contributed by atoms with Crippen LogP contribution in [0.15, 0.2) is 41.2 Å². The number of hydrogen-bond acceptors (Lipinski definition) is 6. The number of hydrogen-bond donors (Lipinski definition) is 4. The van der Waals surface area contributed by atoms with Crippen molar-refractivity contribution in [3.05, 3.63) is 62.8 Å². The molecule has 0 radical (unpaired) electrons. The highest BCUT2D eigenvalue weighted by Crippen LogP contribution is 2.27. The number of amides is 1. The summed E-state index contributed by atoms with van der Waals surface area (Å²) in [6, 6.07) is 11.9. The van der Waals surface area contributed by atoms with Gasteiger partial charge in [0, 0.05) is 32.6 Å². The second-order valence-electron chi connectivity index (χ2n) is 10.5. The van der Waals surface area contributed by atoms with Crippen LogP contribution in [0.5, 0.6) is 5.75 Å². The minimum atomic E-state index is -0.165. The van der Waals surface area contributed by atoms with Crippen LogP contribution in [-0.4, -0.2) is 60.2 Å². The lowest BCUT2D eigenvalue weighted by atomic mass is 9.96. The van der Waals surface area contributed by atoms with Gasteiger partial charge >= 0.3 is 4.87 Å². The van der Waals surface area contributed by atoms with Crippen molar-refractivity contribution < 1.29 is 9.90 Å². The minimum Gasteiger partial charge on any atom is -0.506 e. The number of aromatic hydroxyl groups is 1. The molecular formula is C28H40N4O3S. The molecule has 0 saturated heterocycles. The lowest BCUT2D eigenvalue weighted by molar-refractivity contribution is -0.132. The first-order chi connectivity index (χ1) is 17.1. The summed E-state index contributed by atoms with van der Waals surface area (Å²) < 4.78 is 0.807. The highest BCUT2D eigenvalue weighted by atomic mass is 32.1. The first kappa shape index (κ1) is 27.9. The molecule has 0 fully saturated rings. The zero-order valence-electron chi connectivity index (χ0n) is 21.9. The fraction of sp³-hybridized carbons (Fsp3) is 0.500. The van der Waals surface area contributed by atoms with E-state index in [2.05, 4.69) is 67.6 Å². The van der Waals surface area contributed by atoms with Gasteiger partial charge in [0.05, 0.1) is 4.70 Å². The van der Waals surface area contributed by atoms with Gasteiger partial charge in [0.15, 0.2) is 0 Å². The van der Waals surface area contributed by atoms with E-state index >= 15 is 0 Å². The molecule has 0 atom stereocenters. The van der Waals surface area contributed by atoms with Gasteiger partial charge in [-0.05, 0) is 61.0 Å². The van der Waals surface area contributed by atoms with Crippen molar-refractivity contribution in [2.75, 3.05) is 39.3 Å². The fourth-order valence-electron chi connectivity index (χ4n) is 4.29. The molecule has 0 spiro atoms. The highest BCUT2D eigenvalue weighted by Gasteiger charge is 2.20. The maximum Gasteiger partial charge on any atom is 0.305 e. The largest absolute Gasteiger partial charge is 0.506 e. The zero-order valence-corrected chi connectivity index (χ0v) is 22.8. The van der Waals surface area contributed by atoms with Gasteiger partial charge in [0.1, 0.15) is 11.3 Å². The molecule has 36 heavy (non-hydrogen) atoms. The van der Waals surface area contributed by atoms with E-state index < -0.39 is 0 Å². The number of H-pyrrole nitrogens is 1. The Kier molecular flexibility index (Phi) is 10.1. The van der Waals surface area contributed by atoms with Crippen molar-refractivity contribution in [2.45, 2.75) is 47.0 Å². The Labute approximate surface area is 217 Å². The third-order valence-corrected chi connectivity index (χ3v) is 7.09. The molecule has 0 unspecified atom stereocenters. The number of carbonyl (C=O) groups is 1. The molecule has 0 saturated carbocycles. The molecular weight excluding hydrogens is 472 g/mol. The van der Waals surface area contributed by atoms with Crippen molar-refractivity contribution in [1.82, 2.24) is 20.5 Å². The topological polar surface area (TPSA) is 97.5 Å². The van der Waals surface area contributed by atoms with E-state index in [4.69, 9.17) is 0 Å². The van der Waals surface area contributed by atoms with Gasteiger partial charge < -0.3 is 25.6 Å². The SMILES string of the molecule is Cc1ccccc1CCNCCC(=O)N(CCNCCc1ccc(O)c2[nH]c(=O)sc12)CC(C)(C)C. The molecule has 7 nitrogen and oxygen atoms in total. The number of phenolic OH excluding ortho intramolecular Hbond substituents is 1. The molecule has 0 aliphatic rings. The summed E-state index contributed by atoms with van der Waals surface area (Å²) in [6.07, 6.45) is 2.19. The second-order valence-corrected chi connectivity index (χ2v) is 11.5. The van der Waals surface area contributed by atoms with Crippen molar-refractivity contribution in [3.8, 4) is 5.75 Å². The van der Waals surface area contributed by atoms with Gasteiger partial charge in [-0.1, -0.05) is 62.4 Å². The normalized spacial score (nSPS) is 11.8. The van der Waals surface area contributed by atoms with E-state index in [-0.39, 0.29) is 21.9 Å². The first-order valence-corrected chi connectivity index (χ1v) is 13.5. The summed E-state index contributed by atoms with van der Waals surface area (Å²) in [4.78, 5) is 29.2. The average Bonchev–Trinajstić information content (AvgIpc) is 3.22. The number of nitrogens with zero attached hydrogens (tertiary/aromatic N) is 1. The smallest absolute Gasteiger partial charge is 0.305 e. The summed E-state index contributed by atoms with van der Waals surface area (Å²) in [7, 11) is 0. The molecule has 0 aliphatic heterocycles. The maximum atomic E-state index is 13.0. The van der Waals surface area contributed by atoms with E-state index in [0.29, 0.717) is 38.1 Å².